The molecule has 2 aliphatic heterocycles. The molecule has 4 heteroatoms. The molecule has 0 bridgehead atoms. The Morgan fingerprint density at radius 1 is 1.09 bits per heavy atom. The van der Waals surface area contributed by atoms with Gasteiger partial charge in [-0.1, -0.05) is 30.3 Å². The molecule has 2 aromatic carbocycles. The molecule has 0 aliphatic carbocycles. The minimum Gasteiger partial charge on any atom is -0.360 e. The number of pyridine rings is 1. The van der Waals surface area contributed by atoms with Crippen molar-refractivity contribution in [2.24, 2.45) is 0 Å². The van der Waals surface area contributed by atoms with Crippen LogP contribution in [0.15, 0.2) is 53.5 Å². The van der Waals surface area contributed by atoms with Crippen LogP contribution in [0.3, 0.4) is 0 Å². The van der Waals surface area contributed by atoms with Gasteiger partial charge in [0.15, 0.2) is 0 Å². The standard InChI is InChI=1S/C18H15N3O/c1-11-7-8-13-15(9-11)19-10-14-17(13)20-21(18(14)22)16-6-4-3-5-12(16)2/h3-10,19H,1-2H3. The van der Waals surface area contributed by atoms with Gasteiger partial charge in [-0.2, -0.15) is 9.78 Å². The monoisotopic (exact) mass is 289 g/mol. The summed E-state index contributed by atoms with van der Waals surface area (Å²) in [5.74, 6) is 0. The Morgan fingerprint density at radius 2 is 1.91 bits per heavy atom. The van der Waals surface area contributed by atoms with E-state index in [2.05, 4.69) is 16.1 Å². The van der Waals surface area contributed by atoms with Crippen LogP contribution in [0.1, 0.15) is 11.1 Å². The minimum atomic E-state index is -0.0944. The van der Waals surface area contributed by atoms with E-state index in [0.29, 0.717) is 5.56 Å². The van der Waals surface area contributed by atoms with Gasteiger partial charge in [0.25, 0.3) is 5.56 Å². The lowest BCUT2D eigenvalue weighted by atomic mass is 10.1. The van der Waals surface area contributed by atoms with E-state index in [-0.39, 0.29) is 5.56 Å². The molecule has 0 saturated carbocycles. The highest BCUT2D eigenvalue weighted by molar-refractivity contribution is 5.93. The lowest BCUT2D eigenvalue weighted by Gasteiger charge is -2.04. The number of nitrogens with one attached hydrogen (secondary N) is 1. The van der Waals surface area contributed by atoms with Crippen LogP contribution in [-0.2, 0) is 0 Å². The van der Waals surface area contributed by atoms with Crippen molar-refractivity contribution in [2.75, 3.05) is 0 Å². The quantitative estimate of drug-likeness (QED) is 0.583. The molecule has 108 valence electrons. The van der Waals surface area contributed by atoms with Gasteiger partial charge in [-0.05, 0) is 37.1 Å². The zero-order valence-corrected chi connectivity index (χ0v) is 12.4. The smallest absolute Gasteiger partial charge is 0.282 e. The SMILES string of the molecule is Cc1ccc2c3nn(-c4ccccc4C)c(=O)c-3c[nH]c2c1. The third-order valence-electron chi connectivity index (χ3n) is 4.02. The third-order valence-corrected chi connectivity index (χ3v) is 4.02. The molecule has 0 radical (unpaired) electrons. The molecule has 2 aliphatic rings. The Bertz CT molecular complexity index is 1030. The summed E-state index contributed by atoms with van der Waals surface area (Å²) in [6.07, 6.45) is 1.75. The summed E-state index contributed by atoms with van der Waals surface area (Å²) in [5.41, 5.74) is 5.26. The maximum Gasteiger partial charge on any atom is 0.282 e. The third kappa shape index (κ3) is 1.77. The first kappa shape index (κ1) is 12.8. The fraction of sp³-hybridized carbons (Fsp3) is 0.111. The van der Waals surface area contributed by atoms with Crippen molar-refractivity contribution < 1.29 is 0 Å². The van der Waals surface area contributed by atoms with Crippen LogP contribution in [0.2, 0.25) is 0 Å². The van der Waals surface area contributed by atoms with Gasteiger partial charge in [0.1, 0.15) is 5.69 Å². The van der Waals surface area contributed by atoms with Gasteiger partial charge in [-0.25, -0.2) is 0 Å². The summed E-state index contributed by atoms with van der Waals surface area (Å²) in [6.45, 7) is 4.02. The Labute approximate surface area is 127 Å². The van der Waals surface area contributed by atoms with Gasteiger partial charge in [0, 0.05) is 17.1 Å². The average molecular weight is 289 g/mol. The normalized spacial score (nSPS) is 11.4. The molecule has 0 saturated heterocycles. The molecule has 0 spiro atoms. The maximum absolute atomic E-state index is 12.7. The second kappa shape index (κ2) is 4.56. The topological polar surface area (TPSA) is 50.7 Å². The van der Waals surface area contributed by atoms with E-state index in [9.17, 15) is 4.79 Å². The highest BCUT2D eigenvalue weighted by Crippen LogP contribution is 2.26. The van der Waals surface area contributed by atoms with Crippen LogP contribution in [0.5, 0.6) is 0 Å². The van der Waals surface area contributed by atoms with Crippen LogP contribution in [-0.4, -0.2) is 14.8 Å². The van der Waals surface area contributed by atoms with E-state index in [1.807, 2.05) is 50.2 Å². The molecule has 0 atom stereocenters. The number of aromatic amines is 1. The maximum atomic E-state index is 12.7. The number of hydrogen-bond acceptors (Lipinski definition) is 2. The van der Waals surface area contributed by atoms with E-state index >= 15 is 0 Å². The van der Waals surface area contributed by atoms with Gasteiger partial charge in [0.05, 0.1) is 11.3 Å². The van der Waals surface area contributed by atoms with Gasteiger partial charge in [-0.15, -0.1) is 0 Å². The molecule has 4 rings (SSSR count). The van der Waals surface area contributed by atoms with Gasteiger partial charge in [-0.3, -0.25) is 4.79 Å². The Kier molecular flexibility index (Phi) is 2.66. The minimum absolute atomic E-state index is 0.0944. The molecule has 2 heterocycles. The molecule has 0 fully saturated rings. The Hall–Kier alpha value is -2.88. The molecule has 0 amide bonds. The van der Waals surface area contributed by atoms with Crippen LogP contribution < -0.4 is 5.56 Å². The summed E-state index contributed by atoms with van der Waals surface area (Å²) in [7, 11) is 0. The summed E-state index contributed by atoms with van der Waals surface area (Å²) >= 11 is 0. The number of fused-ring (bicyclic) bond motifs is 3. The molecule has 0 unspecified atom stereocenters. The second-order valence-electron chi connectivity index (χ2n) is 5.60. The number of hydrogen-bond donors (Lipinski definition) is 1. The first-order valence-corrected chi connectivity index (χ1v) is 7.22. The number of nitrogens with zero attached hydrogens (tertiary/aromatic N) is 2. The van der Waals surface area contributed by atoms with Crippen LogP contribution in [0, 0.1) is 13.8 Å². The lowest BCUT2D eigenvalue weighted by molar-refractivity contribution is 0.852. The van der Waals surface area contributed by atoms with Gasteiger partial charge < -0.3 is 4.98 Å². The number of aromatic nitrogens is 3. The zero-order chi connectivity index (χ0) is 15.3. The van der Waals surface area contributed by atoms with Gasteiger partial charge >= 0.3 is 0 Å². The van der Waals surface area contributed by atoms with Crippen molar-refractivity contribution >= 4 is 10.9 Å². The van der Waals surface area contributed by atoms with E-state index in [1.54, 1.807) is 6.20 Å². The van der Waals surface area contributed by atoms with E-state index in [4.69, 9.17) is 0 Å². The van der Waals surface area contributed by atoms with E-state index in [1.165, 1.54) is 10.2 Å². The lowest BCUT2D eigenvalue weighted by Crippen LogP contribution is -2.15. The fourth-order valence-corrected chi connectivity index (χ4v) is 2.84. The number of rotatable bonds is 1. The first-order chi connectivity index (χ1) is 10.6. The summed E-state index contributed by atoms with van der Waals surface area (Å²) in [5, 5.41) is 5.55. The fourth-order valence-electron chi connectivity index (χ4n) is 2.84. The number of H-pyrrole nitrogens is 1. The van der Waals surface area contributed by atoms with Crippen LogP contribution >= 0.6 is 0 Å². The van der Waals surface area contributed by atoms with E-state index < -0.39 is 0 Å². The largest absolute Gasteiger partial charge is 0.360 e. The predicted molar refractivity (Wildman–Crippen MR) is 87.8 cm³/mol. The zero-order valence-electron chi connectivity index (χ0n) is 12.4. The highest BCUT2D eigenvalue weighted by atomic mass is 16.1. The van der Waals surface area contributed by atoms with Crippen LogP contribution in [0.4, 0.5) is 0 Å². The number of aryl methyl sites for hydroxylation is 2. The molecule has 22 heavy (non-hydrogen) atoms. The summed E-state index contributed by atoms with van der Waals surface area (Å²) in [6, 6.07) is 13.9. The van der Waals surface area contributed by atoms with Crippen molar-refractivity contribution in [1.82, 2.24) is 14.8 Å². The second-order valence-corrected chi connectivity index (χ2v) is 5.60. The van der Waals surface area contributed by atoms with E-state index in [0.717, 1.165) is 27.8 Å². The Morgan fingerprint density at radius 3 is 2.73 bits per heavy atom. The van der Waals surface area contributed by atoms with Crippen molar-refractivity contribution in [1.29, 1.82) is 0 Å². The first-order valence-electron chi connectivity index (χ1n) is 7.22. The highest BCUT2D eigenvalue weighted by Gasteiger charge is 2.19. The molecular formula is C18H15N3O. The van der Waals surface area contributed by atoms with Crippen molar-refractivity contribution in [3.8, 4) is 16.9 Å². The summed E-state index contributed by atoms with van der Waals surface area (Å²) in [4.78, 5) is 15.9. The molecule has 0 aromatic heterocycles. The van der Waals surface area contributed by atoms with Crippen molar-refractivity contribution in [3.05, 3.63) is 70.1 Å². The van der Waals surface area contributed by atoms with Crippen molar-refractivity contribution in [2.45, 2.75) is 13.8 Å². The number of benzene rings is 2. The molecule has 2 aromatic rings. The Balaban J connectivity index is 2.09. The average Bonchev–Trinajstić information content (AvgIpc) is 2.85. The summed E-state index contributed by atoms with van der Waals surface area (Å²) < 4.78 is 1.49. The molecule has 1 N–H and O–H groups in total. The molecular weight excluding hydrogens is 274 g/mol. The predicted octanol–water partition coefficient (Wildman–Crippen LogP) is 3.44. The van der Waals surface area contributed by atoms with Crippen LogP contribution in [0.25, 0.3) is 27.8 Å². The van der Waals surface area contributed by atoms with Crippen molar-refractivity contribution in [3.63, 3.8) is 0 Å². The number of para-hydroxylation sites is 1. The molecule has 4 nitrogen and oxygen atoms in total. The van der Waals surface area contributed by atoms with Gasteiger partial charge in [0.2, 0.25) is 0 Å².